The summed E-state index contributed by atoms with van der Waals surface area (Å²) in [5, 5.41) is 3.30. The molecule has 0 saturated carbocycles. The second kappa shape index (κ2) is 5.17. The molecule has 0 bridgehead atoms. The molecular formula is C15H15NO2S. The van der Waals surface area contributed by atoms with Crippen molar-refractivity contribution in [1.82, 2.24) is 0 Å². The van der Waals surface area contributed by atoms with E-state index in [4.69, 9.17) is 14.9 Å². The van der Waals surface area contributed by atoms with Crippen LogP contribution in [0, 0.1) is 0 Å². The third kappa shape index (κ3) is 2.30. The fourth-order valence-electron chi connectivity index (χ4n) is 2.17. The molecule has 0 radical (unpaired) electrons. The second-order valence-electron chi connectivity index (χ2n) is 4.40. The first-order valence-corrected chi connectivity index (χ1v) is 6.97. The van der Waals surface area contributed by atoms with Gasteiger partial charge in [-0.2, -0.15) is 0 Å². The number of ether oxygens (including phenoxy) is 1. The number of hydrogen-bond acceptors (Lipinski definition) is 4. The maximum absolute atomic E-state index is 6.31. The maximum atomic E-state index is 6.31. The Bertz CT molecular complexity index is 686. The first-order valence-electron chi connectivity index (χ1n) is 6.09. The molecule has 0 fully saturated rings. The van der Waals surface area contributed by atoms with E-state index in [0.29, 0.717) is 6.61 Å². The van der Waals surface area contributed by atoms with Gasteiger partial charge in [0, 0.05) is 11.8 Å². The van der Waals surface area contributed by atoms with Crippen LogP contribution in [0.5, 0.6) is 0 Å². The van der Waals surface area contributed by atoms with E-state index in [1.165, 1.54) is 10.1 Å². The van der Waals surface area contributed by atoms with Crippen molar-refractivity contribution in [3.63, 3.8) is 0 Å². The van der Waals surface area contributed by atoms with E-state index in [1.807, 2.05) is 24.3 Å². The largest absolute Gasteiger partial charge is 0.462 e. The van der Waals surface area contributed by atoms with E-state index in [9.17, 15) is 0 Å². The molecule has 0 aliphatic heterocycles. The molecule has 3 rings (SSSR count). The lowest BCUT2D eigenvalue weighted by molar-refractivity contribution is 0.162. The summed E-state index contributed by atoms with van der Waals surface area (Å²) in [6, 6.07) is 11.9. The molecule has 1 aromatic carbocycles. The zero-order valence-electron chi connectivity index (χ0n) is 10.6. The highest BCUT2D eigenvalue weighted by Gasteiger charge is 2.17. The average Bonchev–Trinajstić information content (AvgIpc) is 3.05. The highest BCUT2D eigenvalue weighted by molar-refractivity contribution is 7.17. The van der Waals surface area contributed by atoms with Crippen molar-refractivity contribution in [1.29, 1.82) is 0 Å². The molecule has 0 aliphatic rings. The monoisotopic (exact) mass is 273 g/mol. The number of methoxy groups -OCH3 is 1. The molecule has 0 saturated heterocycles. The summed E-state index contributed by atoms with van der Waals surface area (Å²) in [5.41, 5.74) is 7.42. The Morgan fingerprint density at radius 1 is 1.26 bits per heavy atom. The summed E-state index contributed by atoms with van der Waals surface area (Å²) in [4.78, 5) is 0. The van der Waals surface area contributed by atoms with E-state index in [2.05, 4.69) is 17.5 Å². The van der Waals surface area contributed by atoms with Gasteiger partial charge >= 0.3 is 0 Å². The summed E-state index contributed by atoms with van der Waals surface area (Å²) < 4.78 is 12.0. The summed E-state index contributed by atoms with van der Waals surface area (Å²) >= 11 is 1.71. The fourth-order valence-corrected chi connectivity index (χ4v) is 3.17. The van der Waals surface area contributed by atoms with Crippen molar-refractivity contribution >= 4 is 21.4 Å². The number of fused-ring (bicyclic) bond motifs is 1. The van der Waals surface area contributed by atoms with Crippen LogP contribution >= 0.6 is 11.3 Å². The zero-order valence-corrected chi connectivity index (χ0v) is 11.4. The molecular weight excluding hydrogens is 258 g/mol. The fraction of sp³-hybridized carbons (Fsp3) is 0.200. The molecule has 3 aromatic rings. The third-order valence-electron chi connectivity index (χ3n) is 3.12. The van der Waals surface area contributed by atoms with Crippen LogP contribution in [0.25, 0.3) is 10.1 Å². The molecule has 3 nitrogen and oxygen atoms in total. The van der Waals surface area contributed by atoms with E-state index in [1.54, 1.807) is 18.4 Å². The molecule has 0 amide bonds. The molecule has 19 heavy (non-hydrogen) atoms. The smallest absolute Gasteiger partial charge is 0.129 e. The molecule has 1 atom stereocenters. The molecule has 98 valence electrons. The van der Waals surface area contributed by atoms with Gasteiger partial charge in [0.05, 0.1) is 6.04 Å². The Morgan fingerprint density at radius 3 is 2.95 bits per heavy atom. The van der Waals surface area contributed by atoms with Gasteiger partial charge in [-0.05, 0) is 34.5 Å². The van der Waals surface area contributed by atoms with Crippen LogP contribution < -0.4 is 5.73 Å². The number of furan rings is 1. The van der Waals surface area contributed by atoms with Crippen LogP contribution in [0.3, 0.4) is 0 Å². The lowest BCUT2D eigenvalue weighted by Gasteiger charge is -2.07. The van der Waals surface area contributed by atoms with Gasteiger partial charge in [0.2, 0.25) is 0 Å². The minimum absolute atomic E-state index is 0.234. The van der Waals surface area contributed by atoms with Crippen molar-refractivity contribution in [2.45, 2.75) is 12.6 Å². The molecule has 0 spiro atoms. The van der Waals surface area contributed by atoms with E-state index < -0.39 is 0 Å². The first kappa shape index (κ1) is 12.4. The summed E-state index contributed by atoms with van der Waals surface area (Å²) in [5.74, 6) is 1.57. The van der Waals surface area contributed by atoms with Crippen LogP contribution in [0.1, 0.15) is 23.1 Å². The first-order chi connectivity index (χ1) is 9.29. The molecule has 1 unspecified atom stereocenters. The minimum atomic E-state index is -0.234. The van der Waals surface area contributed by atoms with Crippen LogP contribution in [0.4, 0.5) is 0 Å². The zero-order chi connectivity index (χ0) is 13.2. The van der Waals surface area contributed by atoms with Crippen molar-refractivity contribution in [3.8, 4) is 0 Å². The Balaban J connectivity index is 1.96. The molecule has 4 heteroatoms. The van der Waals surface area contributed by atoms with Crippen LogP contribution in [0.2, 0.25) is 0 Å². The van der Waals surface area contributed by atoms with Crippen LogP contribution in [-0.2, 0) is 11.3 Å². The number of benzene rings is 1. The predicted octanol–water partition coefficient (Wildman–Crippen LogP) is 3.69. The van der Waals surface area contributed by atoms with Gasteiger partial charge in [0.15, 0.2) is 0 Å². The van der Waals surface area contributed by atoms with Crippen LogP contribution in [0.15, 0.2) is 46.2 Å². The van der Waals surface area contributed by atoms with Gasteiger partial charge in [0.25, 0.3) is 0 Å². The molecule has 0 aliphatic carbocycles. The summed E-state index contributed by atoms with van der Waals surface area (Å²) in [6.45, 7) is 0.469. The number of hydrogen-bond donors (Lipinski definition) is 1. The van der Waals surface area contributed by atoms with Crippen molar-refractivity contribution in [2.24, 2.45) is 5.73 Å². The lowest BCUT2D eigenvalue weighted by atomic mass is 10.0. The maximum Gasteiger partial charge on any atom is 0.129 e. The standard InChI is InChI=1S/C15H15NO2S/c1-17-8-10-6-7-13(18-10)15(16)12-9-19-14-5-3-2-4-11(12)14/h2-7,9,15H,8,16H2,1H3. The van der Waals surface area contributed by atoms with E-state index >= 15 is 0 Å². The topological polar surface area (TPSA) is 48.4 Å². The Kier molecular flexibility index (Phi) is 3.38. The normalized spacial score (nSPS) is 12.9. The van der Waals surface area contributed by atoms with Crippen molar-refractivity contribution in [3.05, 3.63) is 58.9 Å². The van der Waals surface area contributed by atoms with E-state index in [-0.39, 0.29) is 6.04 Å². The van der Waals surface area contributed by atoms with Gasteiger partial charge < -0.3 is 14.9 Å². The second-order valence-corrected chi connectivity index (χ2v) is 5.31. The molecule has 2 N–H and O–H groups in total. The van der Waals surface area contributed by atoms with Gasteiger partial charge in [-0.3, -0.25) is 0 Å². The Hall–Kier alpha value is -1.62. The summed E-state index contributed by atoms with van der Waals surface area (Å²) in [7, 11) is 1.65. The van der Waals surface area contributed by atoms with Gasteiger partial charge in [-0.15, -0.1) is 11.3 Å². The highest BCUT2D eigenvalue weighted by atomic mass is 32.1. The summed E-state index contributed by atoms with van der Waals surface area (Å²) in [6.07, 6.45) is 0. The molecule has 2 heterocycles. The number of rotatable bonds is 4. The van der Waals surface area contributed by atoms with Gasteiger partial charge in [-0.25, -0.2) is 0 Å². The van der Waals surface area contributed by atoms with Crippen molar-refractivity contribution < 1.29 is 9.15 Å². The number of nitrogens with two attached hydrogens (primary N) is 1. The van der Waals surface area contributed by atoms with Crippen molar-refractivity contribution in [2.75, 3.05) is 7.11 Å². The average molecular weight is 273 g/mol. The van der Waals surface area contributed by atoms with Gasteiger partial charge in [0.1, 0.15) is 18.1 Å². The Labute approximate surface area is 115 Å². The SMILES string of the molecule is COCc1ccc(C(N)c2csc3ccccc23)o1. The quantitative estimate of drug-likeness (QED) is 0.788. The highest BCUT2D eigenvalue weighted by Crippen LogP contribution is 2.32. The minimum Gasteiger partial charge on any atom is -0.462 e. The third-order valence-corrected chi connectivity index (χ3v) is 4.10. The van der Waals surface area contributed by atoms with Crippen LogP contribution in [-0.4, -0.2) is 7.11 Å². The predicted molar refractivity (Wildman–Crippen MR) is 77.3 cm³/mol. The van der Waals surface area contributed by atoms with Gasteiger partial charge in [-0.1, -0.05) is 18.2 Å². The number of thiophene rings is 1. The molecule has 2 aromatic heterocycles. The lowest BCUT2D eigenvalue weighted by Crippen LogP contribution is -2.10. The Morgan fingerprint density at radius 2 is 2.11 bits per heavy atom. The van der Waals surface area contributed by atoms with E-state index in [0.717, 1.165) is 17.1 Å².